The fourth-order valence-electron chi connectivity index (χ4n) is 2.68. The van der Waals surface area contributed by atoms with Crippen molar-refractivity contribution in [3.8, 4) is 0 Å². The number of aliphatic hydroxyl groups excluding tert-OH is 2. The SMILES string of the molecule is CCOC(=O)CCCc1nc2cc(N(CCO)CCO)ccc2n1I. The second-order valence-corrected chi connectivity index (χ2v) is 6.54. The summed E-state index contributed by atoms with van der Waals surface area (Å²) in [6.45, 7) is 3.18. The van der Waals surface area contributed by atoms with Gasteiger partial charge in [0.2, 0.25) is 0 Å². The lowest BCUT2D eigenvalue weighted by molar-refractivity contribution is -0.143. The number of aromatic nitrogens is 2. The maximum atomic E-state index is 11.4. The number of nitrogens with zero attached hydrogens (tertiary/aromatic N) is 3. The molecule has 2 aromatic rings. The molecule has 0 unspecified atom stereocenters. The van der Waals surface area contributed by atoms with Crippen LogP contribution >= 0.6 is 22.9 Å². The maximum Gasteiger partial charge on any atom is 0.305 e. The highest BCUT2D eigenvalue weighted by molar-refractivity contribution is 14.1. The van der Waals surface area contributed by atoms with Gasteiger partial charge in [-0.2, -0.15) is 0 Å². The smallest absolute Gasteiger partial charge is 0.305 e. The molecule has 0 aliphatic rings. The number of hydrogen-bond acceptors (Lipinski definition) is 6. The standard InChI is InChI=1S/C17H24IN3O4/c1-2-25-17(24)5-3-4-16-19-14-12-13(6-7-15(14)21(16)18)20(8-10-22)9-11-23/h6-7,12,22-23H,2-5,8-11H2,1H3. The number of esters is 1. The largest absolute Gasteiger partial charge is 0.466 e. The van der Waals surface area contributed by atoms with Crippen LogP contribution in [0.15, 0.2) is 18.2 Å². The molecular formula is C17H24IN3O4. The minimum absolute atomic E-state index is 0.0257. The van der Waals surface area contributed by atoms with Crippen molar-refractivity contribution >= 4 is 45.6 Å². The van der Waals surface area contributed by atoms with Crippen molar-refractivity contribution in [3.05, 3.63) is 24.0 Å². The van der Waals surface area contributed by atoms with Crippen molar-refractivity contribution in [1.29, 1.82) is 0 Å². The molecular weight excluding hydrogens is 437 g/mol. The number of carbonyl (C=O) groups excluding carboxylic acids is 1. The average Bonchev–Trinajstić information content (AvgIpc) is 2.90. The van der Waals surface area contributed by atoms with Crippen molar-refractivity contribution in [3.63, 3.8) is 0 Å². The van der Waals surface area contributed by atoms with Gasteiger partial charge in [-0.25, -0.2) is 4.98 Å². The Morgan fingerprint density at radius 3 is 2.68 bits per heavy atom. The van der Waals surface area contributed by atoms with Gasteiger partial charge in [0, 0.05) is 31.6 Å². The zero-order chi connectivity index (χ0) is 18.2. The molecule has 25 heavy (non-hydrogen) atoms. The van der Waals surface area contributed by atoms with E-state index < -0.39 is 0 Å². The summed E-state index contributed by atoms with van der Waals surface area (Å²) < 4.78 is 6.95. The number of carbonyl (C=O) groups is 1. The van der Waals surface area contributed by atoms with Crippen molar-refractivity contribution in [2.45, 2.75) is 26.2 Å². The molecule has 7 nitrogen and oxygen atoms in total. The Morgan fingerprint density at radius 1 is 1.32 bits per heavy atom. The monoisotopic (exact) mass is 461 g/mol. The third-order valence-electron chi connectivity index (χ3n) is 3.84. The van der Waals surface area contributed by atoms with E-state index in [9.17, 15) is 15.0 Å². The number of fused-ring (bicyclic) bond motifs is 1. The number of ether oxygens (including phenoxy) is 1. The van der Waals surface area contributed by atoms with Crippen LogP contribution < -0.4 is 4.90 Å². The van der Waals surface area contributed by atoms with Crippen LogP contribution in [-0.2, 0) is 16.0 Å². The van der Waals surface area contributed by atoms with E-state index in [1.165, 1.54) is 0 Å². The molecule has 0 bridgehead atoms. The number of aryl methyl sites for hydroxylation is 1. The van der Waals surface area contributed by atoms with Crippen LogP contribution in [0.5, 0.6) is 0 Å². The molecule has 2 rings (SSSR count). The fraction of sp³-hybridized carbons (Fsp3) is 0.529. The first-order valence-electron chi connectivity index (χ1n) is 8.40. The van der Waals surface area contributed by atoms with E-state index in [4.69, 9.17) is 4.74 Å². The van der Waals surface area contributed by atoms with Gasteiger partial charge in [0.25, 0.3) is 0 Å². The quantitative estimate of drug-likeness (QED) is 0.415. The topological polar surface area (TPSA) is 87.8 Å². The Balaban J connectivity index is 2.13. The van der Waals surface area contributed by atoms with E-state index in [1.807, 2.05) is 25.9 Å². The van der Waals surface area contributed by atoms with E-state index in [0.29, 0.717) is 39.0 Å². The van der Waals surface area contributed by atoms with Gasteiger partial charge in [0.1, 0.15) is 5.82 Å². The molecule has 0 saturated heterocycles. The van der Waals surface area contributed by atoms with Gasteiger partial charge in [-0.15, -0.1) is 0 Å². The Labute approximate surface area is 161 Å². The van der Waals surface area contributed by atoms with E-state index >= 15 is 0 Å². The van der Waals surface area contributed by atoms with Gasteiger partial charge in [0.15, 0.2) is 0 Å². The van der Waals surface area contributed by atoms with Crippen LogP contribution in [0, 0.1) is 0 Å². The highest BCUT2D eigenvalue weighted by Gasteiger charge is 2.13. The van der Waals surface area contributed by atoms with Crippen LogP contribution in [0.2, 0.25) is 0 Å². The van der Waals surface area contributed by atoms with Gasteiger partial charge in [-0.05, 0) is 31.5 Å². The van der Waals surface area contributed by atoms with Crippen molar-refractivity contribution in [2.75, 3.05) is 37.8 Å². The summed E-state index contributed by atoms with van der Waals surface area (Å²) in [5.74, 6) is 0.734. The number of benzene rings is 1. The molecule has 1 aromatic heterocycles. The van der Waals surface area contributed by atoms with E-state index in [2.05, 4.69) is 27.8 Å². The van der Waals surface area contributed by atoms with Crippen LogP contribution in [0.3, 0.4) is 0 Å². The molecule has 0 atom stereocenters. The van der Waals surface area contributed by atoms with Crippen LogP contribution in [0.1, 0.15) is 25.6 Å². The Bertz CT molecular complexity index is 699. The molecule has 0 spiro atoms. The number of halogens is 1. The van der Waals surface area contributed by atoms with Gasteiger partial charge >= 0.3 is 5.97 Å². The summed E-state index contributed by atoms with van der Waals surface area (Å²) in [4.78, 5) is 18.0. The number of imidazole rings is 1. The number of anilines is 1. The van der Waals surface area contributed by atoms with Gasteiger partial charge in [-0.3, -0.25) is 7.58 Å². The minimum atomic E-state index is -0.176. The summed E-state index contributed by atoms with van der Waals surface area (Å²) in [6.07, 6.45) is 1.78. The first-order chi connectivity index (χ1) is 12.1. The maximum absolute atomic E-state index is 11.4. The van der Waals surface area contributed by atoms with Gasteiger partial charge < -0.3 is 19.8 Å². The van der Waals surface area contributed by atoms with Crippen LogP contribution in [0.4, 0.5) is 5.69 Å². The van der Waals surface area contributed by atoms with Crippen LogP contribution in [0.25, 0.3) is 11.0 Å². The number of rotatable bonds is 10. The van der Waals surface area contributed by atoms with Crippen molar-refractivity contribution < 1.29 is 19.7 Å². The second-order valence-electron chi connectivity index (χ2n) is 5.57. The summed E-state index contributed by atoms with van der Waals surface area (Å²) in [5.41, 5.74) is 2.78. The lowest BCUT2D eigenvalue weighted by atomic mass is 10.2. The highest BCUT2D eigenvalue weighted by atomic mass is 127. The van der Waals surface area contributed by atoms with Crippen molar-refractivity contribution in [1.82, 2.24) is 7.76 Å². The molecule has 1 heterocycles. The summed E-state index contributed by atoms with van der Waals surface area (Å²) in [6, 6.07) is 5.91. The zero-order valence-electron chi connectivity index (χ0n) is 14.3. The van der Waals surface area contributed by atoms with Gasteiger partial charge in [-0.1, -0.05) is 0 Å². The minimum Gasteiger partial charge on any atom is -0.466 e. The molecule has 0 aliphatic heterocycles. The lowest BCUT2D eigenvalue weighted by Crippen LogP contribution is -2.29. The predicted octanol–water partition coefficient (Wildman–Crippen LogP) is 1.91. The Morgan fingerprint density at radius 2 is 2.04 bits per heavy atom. The van der Waals surface area contributed by atoms with E-state index in [1.54, 1.807) is 6.92 Å². The second kappa shape index (κ2) is 9.93. The molecule has 138 valence electrons. The predicted molar refractivity (Wildman–Crippen MR) is 105 cm³/mol. The normalized spacial score (nSPS) is 11.0. The molecule has 8 heteroatoms. The van der Waals surface area contributed by atoms with Crippen molar-refractivity contribution in [2.24, 2.45) is 0 Å². The number of hydrogen-bond donors (Lipinski definition) is 2. The third-order valence-corrected chi connectivity index (χ3v) is 4.91. The lowest BCUT2D eigenvalue weighted by Gasteiger charge is -2.22. The number of aliphatic hydroxyl groups is 2. The van der Waals surface area contributed by atoms with Crippen LogP contribution in [-0.4, -0.2) is 56.9 Å². The fourth-order valence-corrected chi connectivity index (χ4v) is 3.43. The summed E-state index contributed by atoms with van der Waals surface area (Å²) in [5, 5.41) is 18.4. The zero-order valence-corrected chi connectivity index (χ0v) is 16.5. The Kier molecular flexibility index (Phi) is 7.91. The third kappa shape index (κ3) is 5.29. The molecule has 0 fully saturated rings. The summed E-state index contributed by atoms with van der Waals surface area (Å²) >= 11 is 2.21. The summed E-state index contributed by atoms with van der Waals surface area (Å²) in [7, 11) is 0. The van der Waals surface area contributed by atoms with E-state index in [-0.39, 0.29) is 19.2 Å². The molecule has 2 N–H and O–H groups in total. The Hall–Kier alpha value is -1.39. The average molecular weight is 461 g/mol. The first kappa shape index (κ1) is 19.9. The highest BCUT2D eigenvalue weighted by Crippen LogP contribution is 2.25. The van der Waals surface area contributed by atoms with E-state index in [0.717, 1.165) is 22.5 Å². The first-order valence-corrected chi connectivity index (χ1v) is 9.37. The van der Waals surface area contributed by atoms with Gasteiger partial charge in [0.05, 0.1) is 53.7 Å². The molecule has 0 aliphatic carbocycles. The molecule has 0 amide bonds. The molecule has 1 aromatic carbocycles. The molecule has 0 saturated carbocycles. The molecule has 0 radical (unpaired) electrons.